The van der Waals surface area contributed by atoms with E-state index in [1.165, 1.54) is 36.4 Å². The molecule has 0 saturated heterocycles. The number of nitrogens with zero attached hydrogens (tertiary/aromatic N) is 2. The number of unbranched alkanes of at least 4 members (excludes halogenated alkanes) is 1. The topological polar surface area (TPSA) is 235 Å². The first-order valence-electron chi connectivity index (χ1n) is 16.3. The molecule has 3 aromatic carbocycles. The van der Waals surface area contributed by atoms with E-state index in [-0.39, 0.29) is 54.8 Å². The van der Waals surface area contributed by atoms with Crippen molar-refractivity contribution in [1.82, 2.24) is 14.8 Å². The van der Waals surface area contributed by atoms with Crippen LogP contribution in [0.15, 0.2) is 80.7 Å². The minimum atomic E-state index is -1.27. The first kappa shape index (κ1) is 40.6. The highest BCUT2D eigenvalue weighted by Gasteiger charge is 2.27. The van der Waals surface area contributed by atoms with E-state index in [2.05, 4.69) is 19.5 Å². The molecule has 55 heavy (non-hydrogen) atoms. The number of carbonyl (C=O) groups is 6. The van der Waals surface area contributed by atoms with E-state index in [0.29, 0.717) is 0 Å². The largest absolute Gasteiger partial charge is 0.513 e. The molecule has 0 aliphatic rings. The molecule has 19 nitrogen and oxygen atoms in total. The van der Waals surface area contributed by atoms with Crippen LogP contribution in [0.25, 0.3) is 11.0 Å². The third kappa shape index (κ3) is 11.2. The van der Waals surface area contributed by atoms with Crippen LogP contribution >= 0.6 is 0 Å². The number of fused-ring (bicyclic) bond motifs is 1. The summed E-state index contributed by atoms with van der Waals surface area (Å²) in [7, 11) is 3.11. The van der Waals surface area contributed by atoms with Gasteiger partial charge in [0.25, 0.3) is 11.5 Å². The number of methoxy groups -OCH3 is 3. The average Bonchev–Trinajstić information content (AvgIpc) is 3.19. The summed E-state index contributed by atoms with van der Waals surface area (Å²) in [5, 5.41) is 2.32. The fourth-order valence-corrected chi connectivity index (χ4v) is 4.88. The van der Waals surface area contributed by atoms with Gasteiger partial charge in [0, 0.05) is 13.1 Å². The summed E-state index contributed by atoms with van der Waals surface area (Å²) in [5.74, 6) is -4.61. The maximum Gasteiger partial charge on any atom is 0.513 e. The van der Waals surface area contributed by atoms with Gasteiger partial charge >= 0.3 is 30.2 Å². The van der Waals surface area contributed by atoms with Crippen LogP contribution in [0.1, 0.15) is 28.8 Å². The molecule has 1 heterocycles. The number of carbonyl (C=O) groups excluding carboxylic acids is 6. The van der Waals surface area contributed by atoms with Crippen molar-refractivity contribution in [3.8, 4) is 17.2 Å². The maximum atomic E-state index is 14.0. The highest BCUT2D eigenvalue weighted by atomic mass is 16.7. The van der Waals surface area contributed by atoms with Gasteiger partial charge in [-0.3, -0.25) is 19.2 Å². The highest BCUT2D eigenvalue weighted by molar-refractivity contribution is 6.00. The van der Waals surface area contributed by atoms with Crippen molar-refractivity contribution < 1.29 is 66.3 Å². The van der Waals surface area contributed by atoms with E-state index < -0.39 is 72.2 Å². The van der Waals surface area contributed by atoms with Gasteiger partial charge in [0.15, 0.2) is 22.8 Å². The summed E-state index contributed by atoms with van der Waals surface area (Å²) in [4.78, 5) is 102. The van der Waals surface area contributed by atoms with Crippen molar-refractivity contribution in [2.75, 3.05) is 41.0 Å². The van der Waals surface area contributed by atoms with Gasteiger partial charge < -0.3 is 47.8 Å². The predicted molar refractivity (Wildman–Crippen MR) is 187 cm³/mol. The Morgan fingerprint density at radius 2 is 1.38 bits per heavy atom. The second-order valence-corrected chi connectivity index (χ2v) is 11.1. The lowest BCUT2D eigenvalue weighted by Crippen LogP contribution is -2.43. The molecule has 0 aliphatic carbocycles. The Balaban J connectivity index is 1.54. The van der Waals surface area contributed by atoms with Crippen molar-refractivity contribution in [2.45, 2.75) is 26.0 Å². The van der Waals surface area contributed by atoms with Crippen LogP contribution in [-0.2, 0) is 41.7 Å². The molecule has 4 aromatic rings. The molecule has 0 unspecified atom stereocenters. The Morgan fingerprint density at radius 1 is 0.745 bits per heavy atom. The average molecular weight is 766 g/mol. The summed E-state index contributed by atoms with van der Waals surface area (Å²) in [6.45, 7) is -1.57. The summed E-state index contributed by atoms with van der Waals surface area (Å²) in [5.41, 5.74) is -0.629. The monoisotopic (exact) mass is 765 g/mol. The van der Waals surface area contributed by atoms with E-state index in [4.69, 9.17) is 23.4 Å². The second-order valence-electron chi connectivity index (χ2n) is 11.1. The zero-order chi connectivity index (χ0) is 39.9. The molecular formula is C36H35N3O16. The zero-order valence-electron chi connectivity index (χ0n) is 29.7. The standard InChI is InChI=1S/C36H35N3O16/c1-48-34(45)52-25-15-10-14-24-29(25)54-33(44)39(32(24)43)18-8-7-17-38(20-27(40)37-19-28(41)51-21-22-11-5-4-6-12-22)31(42)23-13-9-16-26(53-35(46)49-2)30(23)55-36(47)50-3/h4-6,9-16H,7-8,17-21H2,1-3H3,(H,37,40). The van der Waals surface area contributed by atoms with Gasteiger partial charge in [0.05, 0.1) is 38.8 Å². The fraction of sp³-hybridized carbons (Fsp3) is 0.278. The van der Waals surface area contributed by atoms with E-state index in [1.807, 2.05) is 0 Å². The lowest BCUT2D eigenvalue weighted by atomic mass is 10.1. The number of rotatable bonds is 15. The quantitative estimate of drug-likeness (QED) is 0.0792. The zero-order valence-corrected chi connectivity index (χ0v) is 29.7. The summed E-state index contributed by atoms with van der Waals surface area (Å²) in [6, 6.07) is 16.7. The van der Waals surface area contributed by atoms with Crippen molar-refractivity contribution in [3.05, 3.63) is 98.8 Å². The first-order valence-corrected chi connectivity index (χ1v) is 16.3. The Morgan fingerprint density at radius 3 is 2.07 bits per heavy atom. The normalized spacial score (nSPS) is 10.5. The molecule has 0 fully saturated rings. The van der Waals surface area contributed by atoms with Gasteiger partial charge in [-0.1, -0.05) is 42.5 Å². The molecule has 0 aliphatic heterocycles. The van der Waals surface area contributed by atoms with Crippen LogP contribution in [0, 0.1) is 0 Å². The molecule has 1 aromatic heterocycles. The Labute approximate surface area is 311 Å². The molecule has 0 bridgehead atoms. The minimum Gasteiger partial charge on any atom is -0.460 e. The molecule has 0 atom stereocenters. The summed E-state index contributed by atoms with van der Waals surface area (Å²) >= 11 is 0. The van der Waals surface area contributed by atoms with Gasteiger partial charge in [-0.05, 0) is 42.7 Å². The van der Waals surface area contributed by atoms with Crippen LogP contribution in [-0.4, -0.2) is 86.7 Å². The molecule has 0 spiro atoms. The predicted octanol–water partition coefficient (Wildman–Crippen LogP) is 3.17. The number of hydrogen-bond acceptors (Lipinski definition) is 16. The van der Waals surface area contributed by atoms with Crippen molar-refractivity contribution in [3.63, 3.8) is 0 Å². The number of para-hydroxylation sites is 2. The SMILES string of the molecule is COC(=O)Oc1cccc(C(=O)N(CCCCn2c(=O)oc3c(OC(=O)OC)cccc3c2=O)CC(=O)NCC(=O)OCc2ccccc2)c1OC(=O)OC. The number of esters is 1. The number of ether oxygens (including phenoxy) is 7. The molecule has 4 rings (SSSR count). The highest BCUT2D eigenvalue weighted by Crippen LogP contribution is 2.33. The van der Waals surface area contributed by atoms with Gasteiger partial charge in [-0.2, -0.15) is 0 Å². The van der Waals surface area contributed by atoms with Gasteiger partial charge in [-0.15, -0.1) is 0 Å². The lowest BCUT2D eigenvalue weighted by molar-refractivity contribution is -0.145. The number of aromatic nitrogens is 1. The Kier molecular flexibility index (Phi) is 14.5. The van der Waals surface area contributed by atoms with Crippen LogP contribution < -0.4 is 30.8 Å². The third-order valence-electron chi connectivity index (χ3n) is 7.50. The van der Waals surface area contributed by atoms with Gasteiger partial charge in [0.2, 0.25) is 5.91 Å². The third-order valence-corrected chi connectivity index (χ3v) is 7.50. The molecular weight excluding hydrogens is 730 g/mol. The van der Waals surface area contributed by atoms with Gasteiger partial charge in [-0.25, -0.2) is 23.7 Å². The van der Waals surface area contributed by atoms with E-state index in [9.17, 15) is 38.4 Å². The van der Waals surface area contributed by atoms with Crippen molar-refractivity contribution in [2.24, 2.45) is 0 Å². The van der Waals surface area contributed by atoms with E-state index in [1.54, 1.807) is 30.3 Å². The fourth-order valence-electron chi connectivity index (χ4n) is 4.88. The Hall–Kier alpha value is -7.18. The Bertz CT molecular complexity index is 2160. The van der Waals surface area contributed by atoms with Crippen LogP contribution in [0.5, 0.6) is 17.2 Å². The number of amides is 2. The maximum absolute atomic E-state index is 14.0. The first-order chi connectivity index (χ1) is 26.4. The molecule has 0 saturated carbocycles. The van der Waals surface area contributed by atoms with E-state index in [0.717, 1.165) is 36.4 Å². The molecule has 2 amide bonds. The van der Waals surface area contributed by atoms with Crippen molar-refractivity contribution in [1.29, 1.82) is 0 Å². The molecule has 1 N–H and O–H groups in total. The number of benzene rings is 3. The second kappa shape index (κ2) is 19.6. The van der Waals surface area contributed by atoms with E-state index >= 15 is 0 Å². The number of hydrogen-bond donors (Lipinski definition) is 1. The summed E-state index contributed by atoms with van der Waals surface area (Å²) < 4.78 is 39.9. The van der Waals surface area contributed by atoms with Crippen molar-refractivity contribution >= 4 is 47.2 Å². The summed E-state index contributed by atoms with van der Waals surface area (Å²) in [6.07, 6.45) is -3.39. The number of nitrogens with one attached hydrogen (secondary N) is 1. The smallest absolute Gasteiger partial charge is 0.460 e. The lowest BCUT2D eigenvalue weighted by Gasteiger charge is -2.23. The van der Waals surface area contributed by atoms with Gasteiger partial charge in [0.1, 0.15) is 13.2 Å². The molecule has 0 radical (unpaired) electrons. The van der Waals surface area contributed by atoms with Crippen LogP contribution in [0.3, 0.4) is 0 Å². The van der Waals surface area contributed by atoms with Crippen LogP contribution in [0.4, 0.5) is 14.4 Å². The molecule has 19 heteroatoms. The van der Waals surface area contributed by atoms with Crippen LogP contribution in [0.2, 0.25) is 0 Å². The molecule has 290 valence electrons. The minimum absolute atomic E-state index is 0.0335.